The predicted molar refractivity (Wildman–Crippen MR) is 103 cm³/mol. The molecule has 0 fully saturated rings. The first kappa shape index (κ1) is 13.3. The second kappa shape index (κ2) is 5.21. The van der Waals surface area contributed by atoms with E-state index in [1.54, 1.807) is 0 Å². The maximum atomic E-state index is 2.30. The van der Waals surface area contributed by atoms with Gasteiger partial charge in [-0.3, -0.25) is 0 Å². The third kappa shape index (κ3) is 2.00. The smallest absolute Gasteiger partial charge is 0.00266 e. The van der Waals surface area contributed by atoms with Crippen LogP contribution in [0.25, 0.3) is 44.2 Å². The van der Waals surface area contributed by atoms with Gasteiger partial charge in [-0.25, -0.2) is 0 Å². The molecule has 0 saturated carbocycles. The molecule has 0 N–H and O–H groups in total. The van der Waals surface area contributed by atoms with Gasteiger partial charge in [-0.1, -0.05) is 78.9 Å². The Bertz CT molecular complexity index is 1070. The fourth-order valence-electron chi connectivity index (χ4n) is 3.68. The van der Waals surface area contributed by atoms with Crippen LogP contribution in [0.15, 0.2) is 97.1 Å². The van der Waals surface area contributed by atoms with Gasteiger partial charge in [0.05, 0.1) is 0 Å². The number of benzene rings is 1. The molecule has 5 rings (SSSR count). The molecule has 4 aliphatic rings. The maximum absolute atomic E-state index is 2.30. The van der Waals surface area contributed by atoms with Crippen LogP contribution < -0.4 is 0 Å². The quantitative estimate of drug-likeness (QED) is 0.322. The summed E-state index contributed by atoms with van der Waals surface area (Å²) in [4.78, 5) is 0. The van der Waals surface area contributed by atoms with E-state index in [-0.39, 0.29) is 0 Å². The molecule has 0 bridgehead atoms. The van der Waals surface area contributed by atoms with Crippen LogP contribution in [0.4, 0.5) is 0 Å². The summed E-state index contributed by atoms with van der Waals surface area (Å²) < 4.78 is 0. The lowest BCUT2D eigenvalue weighted by Crippen LogP contribution is -1.76. The second-order valence-electron chi connectivity index (χ2n) is 6.26. The van der Waals surface area contributed by atoms with Crippen LogP contribution in [0, 0.1) is 0 Å². The summed E-state index contributed by atoms with van der Waals surface area (Å²) in [5.41, 5.74) is 7.79. The van der Waals surface area contributed by atoms with Crippen LogP contribution in [-0.4, -0.2) is 0 Å². The van der Waals surface area contributed by atoms with Gasteiger partial charge in [-0.05, 0) is 62.4 Å². The molecule has 0 nitrogen and oxygen atoms in total. The van der Waals surface area contributed by atoms with Crippen molar-refractivity contribution in [3.63, 3.8) is 0 Å². The predicted octanol–water partition coefficient (Wildman–Crippen LogP) is 6.72. The monoisotopic (exact) mass is 304 g/mol. The summed E-state index contributed by atoms with van der Waals surface area (Å²) >= 11 is 0. The van der Waals surface area contributed by atoms with Crippen LogP contribution in [0.1, 0.15) is 0 Å². The minimum Gasteiger partial charge on any atom is -0.0622 e. The molecule has 112 valence electrons. The van der Waals surface area contributed by atoms with E-state index in [2.05, 4.69) is 97.1 Å². The lowest BCUT2D eigenvalue weighted by atomic mass is 10.00. The molecular formula is C24H16. The van der Waals surface area contributed by atoms with Crippen LogP contribution in [-0.2, 0) is 0 Å². The average Bonchev–Trinajstić information content (AvgIpc) is 2.98. The molecular weight excluding hydrogens is 288 g/mol. The lowest BCUT2D eigenvalue weighted by Gasteiger charge is -2.03. The fraction of sp³-hybridized carbons (Fsp3) is 0. The Morgan fingerprint density at radius 1 is 0.375 bits per heavy atom. The third-order valence-corrected chi connectivity index (χ3v) is 4.79. The molecule has 4 aliphatic carbocycles. The molecule has 0 heterocycles. The lowest BCUT2D eigenvalue weighted by molar-refractivity contribution is 1.76. The molecule has 0 aromatic heterocycles. The van der Waals surface area contributed by atoms with Gasteiger partial charge in [-0.2, -0.15) is 0 Å². The van der Waals surface area contributed by atoms with Gasteiger partial charge >= 0.3 is 0 Å². The minimum atomic E-state index is 1.29. The van der Waals surface area contributed by atoms with Crippen LogP contribution in [0.2, 0.25) is 0 Å². The van der Waals surface area contributed by atoms with E-state index in [0.29, 0.717) is 0 Å². The maximum Gasteiger partial charge on any atom is -0.00266 e. The van der Waals surface area contributed by atoms with E-state index in [4.69, 9.17) is 0 Å². The van der Waals surface area contributed by atoms with Crippen LogP contribution in [0.5, 0.6) is 0 Å². The first-order chi connectivity index (χ1) is 11.9. The molecule has 1 aromatic carbocycles. The van der Waals surface area contributed by atoms with E-state index >= 15 is 0 Å². The molecule has 0 amide bonds. The van der Waals surface area contributed by atoms with Gasteiger partial charge in [0.2, 0.25) is 0 Å². The van der Waals surface area contributed by atoms with Gasteiger partial charge in [-0.15, -0.1) is 0 Å². The molecule has 0 radical (unpaired) electrons. The average molecular weight is 304 g/mol. The molecule has 0 atom stereocenters. The Hall–Kier alpha value is -3.12. The molecule has 0 spiro atoms. The van der Waals surface area contributed by atoms with E-state index < -0.39 is 0 Å². The van der Waals surface area contributed by atoms with Crippen LogP contribution >= 0.6 is 0 Å². The Morgan fingerprint density at radius 3 is 1.71 bits per heavy atom. The van der Waals surface area contributed by atoms with Crippen LogP contribution in [0.3, 0.4) is 0 Å². The van der Waals surface area contributed by atoms with Crippen molar-refractivity contribution in [2.75, 3.05) is 0 Å². The molecule has 0 aliphatic heterocycles. The van der Waals surface area contributed by atoms with Gasteiger partial charge in [0, 0.05) is 0 Å². The molecule has 0 unspecified atom stereocenters. The largest absolute Gasteiger partial charge is 0.0622 e. The Labute approximate surface area is 141 Å². The highest BCUT2D eigenvalue weighted by molar-refractivity contribution is 6.10. The third-order valence-electron chi connectivity index (χ3n) is 4.79. The Balaban J connectivity index is 1.84. The van der Waals surface area contributed by atoms with Gasteiger partial charge in [0.25, 0.3) is 0 Å². The fourth-order valence-corrected chi connectivity index (χ4v) is 3.68. The summed E-state index contributed by atoms with van der Waals surface area (Å²) in [5.74, 6) is 0. The highest BCUT2D eigenvalue weighted by atomic mass is 14.2. The van der Waals surface area contributed by atoms with Crippen molar-refractivity contribution in [1.29, 1.82) is 0 Å². The van der Waals surface area contributed by atoms with Crippen molar-refractivity contribution in [2.24, 2.45) is 0 Å². The molecule has 0 saturated heterocycles. The van der Waals surface area contributed by atoms with Crippen molar-refractivity contribution in [3.8, 4) is 33.4 Å². The Kier molecular flexibility index (Phi) is 2.89. The minimum absolute atomic E-state index is 1.29. The molecule has 1 aromatic rings. The van der Waals surface area contributed by atoms with Crippen molar-refractivity contribution >= 4 is 10.8 Å². The topological polar surface area (TPSA) is 0 Å². The molecule has 24 heavy (non-hydrogen) atoms. The van der Waals surface area contributed by atoms with Crippen molar-refractivity contribution in [2.45, 2.75) is 0 Å². The van der Waals surface area contributed by atoms with Gasteiger partial charge in [0.1, 0.15) is 0 Å². The zero-order chi connectivity index (χ0) is 15.9. The number of rotatable bonds is 1. The second-order valence-corrected chi connectivity index (χ2v) is 6.26. The number of fused-ring (bicyclic) bond motifs is 4. The number of hydrogen-bond donors (Lipinski definition) is 0. The Morgan fingerprint density at radius 2 is 0.958 bits per heavy atom. The highest BCUT2D eigenvalue weighted by Crippen LogP contribution is 2.41. The zero-order valence-corrected chi connectivity index (χ0v) is 13.2. The zero-order valence-electron chi connectivity index (χ0n) is 13.2. The van der Waals surface area contributed by atoms with E-state index in [1.807, 2.05) is 0 Å². The summed E-state index contributed by atoms with van der Waals surface area (Å²) in [6.45, 7) is 0. The van der Waals surface area contributed by atoms with Crippen molar-refractivity contribution in [3.05, 3.63) is 97.1 Å². The van der Waals surface area contributed by atoms with Gasteiger partial charge in [0.15, 0.2) is 0 Å². The van der Waals surface area contributed by atoms with Crippen molar-refractivity contribution in [1.82, 2.24) is 0 Å². The summed E-state index contributed by atoms with van der Waals surface area (Å²) in [6, 6.07) is 34.9. The highest BCUT2D eigenvalue weighted by Gasteiger charge is 2.15. The normalized spacial score (nSPS) is 11.3. The van der Waals surface area contributed by atoms with E-state index in [0.717, 1.165) is 0 Å². The van der Waals surface area contributed by atoms with Gasteiger partial charge < -0.3 is 0 Å². The number of hydrogen-bond acceptors (Lipinski definition) is 0. The SMILES string of the molecule is c1ccc2cc(-c3cccc4cc5cccccc-5c34)cc-2cc1. The van der Waals surface area contributed by atoms with E-state index in [9.17, 15) is 0 Å². The van der Waals surface area contributed by atoms with Crippen molar-refractivity contribution < 1.29 is 0 Å². The summed E-state index contributed by atoms with van der Waals surface area (Å²) in [7, 11) is 0. The summed E-state index contributed by atoms with van der Waals surface area (Å²) in [6.07, 6.45) is 0. The first-order valence-electron chi connectivity index (χ1n) is 8.30. The summed E-state index contributed by atoms with van der Waals surface area (Å²) in [5, 5.41) is 2.66. The van der Waals surface area contributed by atoms with E-state index in [1.165, 1.54) is 44.2 Å². The standard InChI is InChI=1S/C24H16/c1-3-8-17-14-21(15-18(17)9-4-1)23-13-7-11-20-16-19-10-5-2-6-12-22(19)24(20)23/h1-16H. The molecule has 0 heteroatoms. The first-order valence-corrected chi connectivity index (χ1v) is 8.30.